The number of hydrogen-bond acceptors (Lipinski definition) is 3. The third kappa shape index (κ3) is 4.19. The first-order valence-corrected chi connectivity index (χ1v) is 6.05. The summed E-state index contributed by atoms with van der Waals surface area (Å²) in [6.07, 6.45) is 4.12. The molecular weight excluding hydrogens is 200 g/mol. The van der Waals surface area contributed by atoms with Gasteiger partial charge in [-0.05, 0) is 31.9 Å². The molecule has 0 aliphatic rings. The van der Waals surface area contributed by atoms with Crippen molar-refractivity contribution in [3.63, 3.8) is 0 Å². The van der Waals surface area contributed by atoms with Crippen molar-refractivity contribution in [2.75, 3.05) is 13.2 Å². The molecule has 0 saturated carbocycles. The first-order chi connectivity index (χ1) is 7.77. The van der Waals surface area contributed by atoms with Crippen molar-refractivity contribution in [1.82, 2.24) is 10.3 Å². The van der Waals surface area contributed by atoms with E-state index < -0.39 is 0 Å². The van der Waals surface area contributed by atoms with Crippen LogP contribution in [0.15, 0.2) is 18.3 Å². The molecule has 0 saturated heterocycles. The SMILES string of the molecule is CCC(CC)NCCOc1cccnc1C. The predicted molar refractivity (Wildman–Crippen MR) is 66.8 cm³/mol. The molecular formula is C13H22N2O. The van der Waals surface area contributed by atoms with Gasteiger partial charge in [-0.15, -0.1) is 0 Å². The summed E-state index contributed by atoms with van der Waals surface area (Å²) in [6, 6.07) is 4.47. The van der Waals surface area contributed by atoms with E-state index >= 15 is 0 Å². The lowest BCUT2D eigenvalue weighted by atomic mass is 10.2. The van der Waals surface area contributed by atoms with Crippen molar-refractivity contribution in [2.45, 2.75) is 39.7 Å². The molecule has 0 radical (unpaired) electrons. The summed E-state index contributed by atoms with van der Waals surface area (Å²) >= 11 is 0. The number of pyridine rings is 1. The van der Waals surface area contributed by atoms with E-state index in [4.69, 9.17) is 4.74 Å². The predicted octanol–water partition coefficient (Wildman–Crippen LogP) is 2.55. The van der Waals surface area contributed by atoms with Gasteiger partial charge >= 0.3 is 0 Å². The van der Waals surface area contributed by atoms with Crippen molar-refractivity contribution in [3.05, 3.63) is 24.0 Å². The number of hydrogen-bond donors (Lipinski definition) is 1. The molecule has 1 rings (SSSR count). The number of nitrogens with zero attached hydrogens (tertiary/aromatic N) is 1. The third-order valence-corrected chi connectivity index (χ3v) is 2.74. The average molecular weight is 222 g/mol. The van der Waals surface area contributed by atoms with Crippen LogP contribution in [0.2, 0.25) is 0 Å². The Hall–Kier alpha value is -1.09. The smallest absolute Gasteiger partial charge is 0.140 e. The highest BCUT2D eigenvalue weighted by Crippen LogP contribution is 2.12. The van der Waals surface area contributed by atoms with Crippen LogP contribution in [0.4, 0.5) is 0 Å². The molecule has 0 aromatic carbocycles. The van der Waals surface area contributed by atoms with Gasteiger partial charge in [-0.25, -0.2) is 0 Å². The summed E-state index contributed by atoms with van der Waals surface area (Å²) in [6.45, 7) is 7.95. The van der Waals surface area contributed by atoms with Crippen molar-refractivity contribution in [3.8, 4) is 5.75 Å². The molecule has 0 fully saturated rings. The fourth-order valence-corrected chi connectivity index (χ4v) is 1.62. The van der Waals surface area contributed by atoms with Crippen LogP contribution in [-0.2, 0) is 0 Å². The van der Waals surface area contributed by atoms with Gasteiger partial charge in [0.15, 0.2) is 0 Å². The second kappa shape index (κ2) is 7.23. The lowest BCUT2D eigenvalue weighted by Gasteiger charge is -2.15. The highest BCUT2D eigenvalue weighted by Gasteiger charge is 2.02. The van der Waals surface area contributed by atoms with Crippen LogP contribution in [-0.4, -0.2) is 24.2 Å². The second-order valence-electron chi connectivity index (χ2n) is 3.90. The number of rotatable bonds is 7. The third-order valence-electron chi connectivity index (χ3n) is 2.74. The van der Waals surface area contributed by atoms with Gasteiger partial charge in [0.25, 0.3) is 0 Å². The minimum Gasteiger partial charge on any atom is -0.490 e. The van der Waals surface area contributed by atoms with E-state index in [0.717, 1.165) is 18.0 Å². The molecule has 0 aliphatic heterocycles. The van der Waals surface area contributed by atoms with Gasteiger partial charge in [0.2, 0.25) is 0 Å². The molecule has 0 unspecified atom stereocenters. The van der Waals surface area contributed by atoms with E-state index in [1.165, 1.54) is 12.8 Å². The zero-order chi connectivity index (χ0) is 11.8. The maximum absolute atomic E-state index is 5.65. The summed E-state index contributed by atoms with van der Waals surface area (Å²) in [5.74, 6) is 0.883. The summed E-state index contributed by atoms with van der Waals surface area (Å²) in [7, 11) is 0. The van der Waals surface area contributed by atoms with Crippen LogP contribution in [0.1, 0.15) is 32.4 Å². The molecule has 3 heteroatoms. The molecule has 0 spiro atoms. The Kier molecular flexibility index (Phi) is 5.86. The lowest BCUT2D eigenvalue weighted by molar-refractivity contribution is 0.299. The van der Waals surface area contributed by atoms with Crippen LogP contribution in [0.5, 0.6) is 5.75 Å². The minimum absolute atomic E-state index is 0.610. The zero-order valence-corrected chi connectivity index (χ0v) is 10.5. The minimum atomic E-state index is 0.610. The van der Waals surface area contributed by atoms with Crippen molar-refractivity contribution in [2.24, 2.45) is 0 Å². The van der Waals surface area contributed by atoms with Gasteiger partial charge in [0.05, 0.1) is 5.69 Å². The van der Waals surface area contributed by atoms with Gasteiger partial charge in [-0.3, -0.25) is 4.98 Å². The van der Waals surface area contributed by atoms with E-state index in [-0.39, 0.29) is 0 Å². The standard InChI is InChI=1S/C13H22N2O/c1-4-12(5-2)15-9-10-16-13-7-6-8-14-11(13)3/h6-8,12,15H,4-5,9-10H2,1-3H3. The Morgan fingerprint density at radius 3 is 2.75 bits per heavy atom. The quantitative estimate of drug-likeness (QED) is 0.720. The Balaban J connectivity index is 2.23. The maximum atomic E-state index is 5.65. The Morgan fingerprint density at radius 2 is 2.12 bits per heavy atom. The van der Waals surface area contributed by atoms with E-state index in [9.17, 15) is 0 Å². The van der Waals surface area contributed by atoms with E-state index in [1.54, 1.807) is 6.20 Å². The van der Waals surface area contributed by atoms with Crippen LogP contribution in [0, 0.1) is 6.92 Å². The molecule has 1 heterocycles. The van der Waals surface area contributed by atoms with Gasteiger partial charge in [0.1, 0.15) is 12.4 Å². The summed E-state index contributed by atoms with van der Waals surface area (Å²) in [5, 5.41) is 3.46. The molecule has 1 aromatic heterocycles. The molecule has 1 aromatic rings. The van der Waals surface area contributed by atoms with Crippen LogP contribution >= 0.6 is 0 Å². The largest absolute Gasteiger partial charge is 0.490 e. The fraction of sp³-hybridized carbons (Fsp3) is 0.615. The van der Waals surface area contributed by atoms with Crippen LogP contribution in [0.25, 0.3) is 0 Å². The molecule has 3 nitrogen and oxygen atoms in total. The second-order valence-corrected chi connectivity index (χ2v) is 3.90. The van der Waals surface area contributed by atoms with Crippen molar-refractivity contribution < 1.29 is 4.74 Å². The first-order valence-electron chi connectivity index (χ1n) is 6.05. The number of aryl methyl sites for hydroxylation is 1. The molecule has 0 atom stereocenters. The van der Waals surface area contributed by atoms with Gasteiger partial charge < -0.3 is 10.1 Å². The fourth-order valence-electron chi connectivity index (χ4n) is 1.62. The highest BCUT2D eigenvalue weighted by molar-refractivity contribution is 5.25. The zero-order valence-electron chi connectivity index (χ0n) is 10.5. The Morgan fingerprint density at radius 1 is 1.38 bits per heavy atom. The van der Waals surface area contributed by atoms with Crippen molar-refractivity contribution >= 4 is 0 Å². The lowest BCUT2D eigenvalue weighted by Crippen LogP contribution is -2.31. The molecule has 90 valence electrons. The van der Waals surface area contributed by atoms with Crippen LogP contribution < -0.4 is 10.1 Å². The summed E-state index contributed by atoms with van der Waals surface area (Å²) < 4.78 is 5.65. The normalized spacial score (nSPS) is 10.8. The number of ether oxygens (including phenoxy) is 1. The topological polar surface area (TPSA) is 34.1 Å². The summed E-state index contributed by atoms with van der Waals surface area (Å²) in [4.78, 5) is 4.18. The number of nitrogens with one attached hydrogen (secondary N) is 1. The Labute approximate surface area is 98.2 Å². The highest BCUT2D eigenvalue weighted by atomic mass is 16.5. The van der Waals surface area contributed by atoms with E-state index in [2.05, 4.69) is 24.1 Å². The molecule has 1 N–H and O–H groups in total. The molecule has 0 aliphatic carbocycles. The monoisotopic (exact) mass is 222 g/mol. The van der Waals surface area contributed by atoms with E-state index in [0.29, 0.717) is 12.6 Å². The summed E-state index contributed by atoms with van der Waals surface area (Å²) in [5.41, 5.74) is 0.949. The van der Waals surface area contributed by atoms with Gasteiger partial charge in [-0.1, -0.05) is 13.8 Å². The van der Waals surface area contributed by atoms with E-state index in [1.807, 2.05) is 19.1 Å². The van der Waals surface area contributed by atoms with Crippen LogP contribution in [0.3, 0.4) is 0 Å². The molecule has 16 heavy (non-hydrogen) atoms. The average Bonchev–Trinajstić information content (AvgIpc) is 2.31. The number of aromatic nitrogens is 1. The molecule has 0 bridgehead atoms. The van der Waals surface area contributed by atoms with Gasteiger partial charge in [-0.2, -0.15) is 0 Å². The Bertz CT molecular complexity index is 298. The van der Waals surface area contributed by atoms with Crippen molar-refractivity contribution in [1.29, 1.82) is 0 Å². The maximum Gasteiger partial charge on any atom is 0.140 e. The molecule has 0 amide bonds. The first kappa shape index (κ1) is 13.0. The van der Waals surface area contributed by atoms with Gasteiger partial charge in [0, 0.05) is 18.8 Å².